The Bertz CT molecular complexity index is 812. The van der Waals surface area contributed by atoms with E-state index in [4.69, 9.17) is 9.47 Å². The van der Waals surface area contributed by atoms with Gasteiger partial charge in [-0.2, -0.15) is 0 Å². The van der Waals surface area contributed by atoms with Crippen LogP contribution >= 0.6 is 0 Å². The van der Waals surface area contributed by atoms with Gasteiger partial charge in [-0.1, -0.05) is 0 Å². The normalized spacial score (nSPS) is 26.4. The van der Waals surface area contributed by atoms with E-state index in [1.54, 1.807) is 18.3 Å². The molecule has 1 atom stereocenters. The van der Waals surface area contributed by atoms with Crippen LogP contribution in [0.1, 0.15) is 29.6 Å². The summed E-state index contributed by atoms with van der Waals surface area (Å²) in [4.78, 5) is 20.9. The number of rotatable bonds is 3. The van der Waals surface area contributed by atoms with Gasteiger partial charge in [0, 0.05) is 50.8 Å². The van der Waals surface area contributed by atoms with Crippen LogP contribution in [-0.4, -0.2) is 80.9 Å². The first-order valence-corrected chi connectivity index (χ1v) is 11.2. The number of nitrogens with zero attached hydrogens (tertiary/aromatic N) is 3. The predicted molar refractivity (Wildman–Crippen MR) is 99.5 cm³/mol. The summed E-state index contributed by atoms with van der Waals surface area (Å²) in [6.07, 6.45) is 3.55. The third kappa shape index (κ3) is 3.81. The Balaban J connectivity index is 1.43. The molecule has 148 valence electrons. The molecule has 0 bridgehead atoms. The van der Waals surface area contributed by atoms with Crippen LogP contribution in [0.2, 0.25) is 0 Å². The first kappa shape index (κ1) is 18.6. The van der Waals surface area contributed by atoms with Crippen LogP contribution in [0.25, 0.3) is 0 Å². The molecule has 1 amide bonds. The van der Waals surface area contributed by atoms with Crippen LogP contribution < -0.4 is 4.90 Å². The molecule has 0 aliphatic carbocycles. The number of likely N-dealkylation sites (tertiary alicyclic amines) is 1. The highest BCUT2D eigenvalue weighted by molar-refractivity contribution is 7.91. The molecular formula is C18H25N3O5S. The number of sulfone groups is 1. The van der Waals surface area contributed by atoms with Gasteiger partial charge in [-0.25, -0.2) is 13.4 Å². The smallest absolute Gasteiger partial charge is 0.254 e. The van der Waals surface area contributed by atoms with Crippen molar-refractivity contribution in [2.45, 2.75) is 31.1 Å². The van der Waals surface area contributed by atoms with E-state index in [1.807, 2.05) is 16.8 Å². The summed E-state index contributed by atoms with van der Waals surface area (Å²) in [6, 6.07) is 3.36. The van der Waals surface area contributed by atoms with E-state index in [0.717, 1.165) is 0 Å². The number of amides is 1. The Labute approximate surface area is 159 Å². The van der Waals surface area contributed by atoms with Crippen molar-refractivity contribution in [3.8, 4) is 0 Å². The summed E-state index contributed by atoms with van der Waals surface area (Å²) in [5.74, 6) is 0.421. The monoisotopic (exact) mass is 395 g/mol. The highest BCUT2D eigenvalue weighted by atomic mass is 32.2. The topological polar surface area (TPSA) is 89.0 Å². The van der Waals surface area contributed by atoms with Crippen LogP contribution in [0.5, 0.6) is 0 Å². The number of hydrogen-bond donors (Lipinski definition) is 0. The van der Waals surface area contributed by atoms with Gasteiger partial charge in [-0.15, -0.1) is 0 Å². The number of ether oxygens (including phenoxy) is 2. The van der Waals surface area contributed by atoms with Gasteiger partial charge < -0.3 is 19.3 Å². The average molecular weight is 395 g/mol. The molecule has 1 unspecified atom stereocenters. The zero-order chi connectivity index (χ0) is 19.1. The quantitative estimate of drug-likeness (QED) is 0.744. The van der Waals surface area contributed by atoms with Crippen molar-refractivity contribution < 1.29 is 22.7 Å². The van der Waals surface area contributed by atoms with E-state index in [2.05, 4.69) is 4.98 Å². The lowest BCUT2D eigenvalue weighted by atomic mass is 10.0. The van der Waals surface area contributed by atoms with Crippen molar-refractivity contribution in [1.82, 2.24) is 9.88 Å². The van der Waals surface area contributed by atoms with Crippen molar-refractivity contribution in [1.29, 1.82) is 0 Å². The van der Waals surface area contributed by atoms with Crippen LogP contribution in [0.3, 0.4) is 0 Å². The highest BCUT2D eigenvalue weighted by Crippen LogP contribution is 2.32. The minimum Gasteiger partial charge on any atom is -0.356 e. The van der Waals surface area contributed by atoms with Crippen LogP contribution in [0.4, 0.5) is 5.82 Å². The molecule has 1 aromatic heterocycles. The van der Waals surface area contributed by atoms with Crippen molar-refractivity contribution >= 4 is 21.6 Å². The van der Waals surface area contributed by atoms with Crippen molar-refractivity contribution in [2.75, 3.05) is 49.8 Å². The third-order valence-corrected chi connectivity index (χ3v) is 7.49. The van der Waals surface area contributed by atoms with Crippen LogP contribution in [0, 0.1) is 0 Å². The summed E-state index contributed by atoms with van der Waals surface area (Å²) >= 11 is 0. The fourth-order valence-corrected chi connectivity index (χ4v) is 5.81. The van der Waals surface area contributed by atoms with Crippen molar-refractivity contribution in [3.05, 3.63) is 23.9 Å². The molecule has 3 fully saturated rings. The zero-order valence-corrected chi connectivity index (χ0v) is 16.3. The largest absolute Gasteiger partial charge is 0.356 e. The van der Waals surface area contributed by atoms with Gasteiger partial charge in [0.2, 0.25) is 0 Å². The SMILES string of the molecule is CN(c1cc(C(=O)N2CCC3(CC2)OCCO3)ccn1)C1CCS(=O)(=O)C1. The Morgan fingerprint density at radius 2 is 2.00 bits per heavy atom. The molecule has 0 aromatic carbocycles. The maximum absolute atomic E-state index is 12.9. The summed E-state index contributed by atoms with van der Waals surface area (Å²) in [6.45, 7) is 2.41. The summed E-state index contributed by atoms with van der Waals surface area (Å²) in [7, 11) is -1.14. The van der Waals surface area contributed by atoms with E-state index >= 15 is 0 Å². The van der Waals surface area contributed by atoms with Gasteiger partial charge >= 0.3 is 0 Å². The van der Waals surface area contributed by atoms with Gasteiger partial charge in [-0.3, -0.25) is 4.79 Å². The van der Waals surface area contributed by atoms with E-state index < -0.39 is 15.6 Å². The Morgan fingerprint density at radius 3 is 2.63 bits per heavy atom. The van der Waals surface area contributed by atoms with E-state index in [0.29, 0.717) is 56.9 Å². The Hall–Kier alpha value is -1.71. The van der Waals surface area contributed by atoms with Crippen LogP contribution in [-0.2, 0) is 19.3 Å². The second-order valence-corrected chi connectivity index (χ2v) is 9.70. The number of anilines is 1. The molecule has 3 aliphatic rings. The number of pyridine rings is 1. The molecule has 8 nitrogen and oxygen atoms in total. The molecule has 9 heteroatoms. The Morgan fingerprint density at radius 1 is 1.30 bits per heavy atom. The zero-order valence-electron chi connectivity index (χ0n) is 15.5. The van der Waals surface area contributed by atoms with Crippen molar-refractivity contribution in [3.63, 3.8) is 0 Å². The lowest BCUT2D eigenvalue weighted by Crippen LogP contribution is -2.47. The van der Waals surface area contributed by atoms with Gasteiger partial charge in [-0.05, 0) is 18.6 Å². The van der Waals surface area contributed by atoms with E-state index in [9.17, 15) is 13.2 Å². The molecular weight excluding hydrogens is 370 g/mol. The van der Waals surface area contributed by atoms with Gasteiger partial charge in [0.15, 0.2) is 15.6 Å². The van der Waals surface area contributed by atoms with E-state index in [1.165, 1.54) is 0 Å². The highest BCUT2D eigenvalue weighted by Gasteiger charge is 2.41. The number of piperidine rings is 1. The third-order valence-electron chi connectivity index (χ3n) is 5.74. The summed E-state index contributed by atoms with van der Waals surface area (Å²) in [5.41, 5.74) is 0.567. The molecule has 0 saturated carbocycles. The maximum Gasteiger partial charge on any atom is 0.254 e. The molecule has 3 aliphatic heterocycles. The van der Waals surface area contributed by atoms with Crippen molar-refractivity contribution in [2.24, 2.45) is 0 Å². The fraction of sp³-hybridized carbons (Fsp3) is 0.667. The minimum absolute atomic E-state index is 0.0426. The number of carbonyl (C=O) groups is 1. The predicted octanol–water partition coefficient (Wildman–Crippen LogP) is 0.684. The average Bonchev–Trinajstić information content (AvgIpc) is 3.27. The molecule has 1 spiro atoms. The first-order chi connectivity index (χ1) is 12.9. The molecule has 0 N–H and O–H groups in total. The lowest BCUT2D eigenvalue weighted by molar-refractivity contribution is -0.181. The number of hydrogen-bond acceptors (Lipinski definition) is 7. The second-order valence-electron chi connectivity index (χ2n) is 7.47. The van der Waals surface area contributed by atoms with Gasteiger partial charge in [0.05, 0.1) is 24.7 Å². The number of carbonyl (C=O) groups excluding carboxylic acids is 1. The molecule has 4 rings (SSSR count). The van der Waals surface area contributed by atoms with Gasteiger partial charge in [0.25, 0.3) is 5.91 Å². The van der Waals surface area contributed by atoms with E-state index in [-0.39, 0.29) is 23.5 Å². The standard InChI is InChI=1S/C18H25N3O5S/c1-20(15-3-11-27(23,24)13-15)16-12-14(2-6-19-16)17(22)21-7-4-18(5-8-21)25-9-10-26-18/h2,6,12,15H,3-5,7-11,13H2,1H3. The molecule has 27 heavy (non-hydrogen) atoms. The molecule has 4 heterocycles. The van der Waals surface area contributed by atoms with Gasteiger partial charge in [0.1, 0.15) is 5.82 Å². The number of aromatic nitrogens is 1. The minimum atomic E-state index is -2.97. The fourth-order valence-electron chi connectivity index (χ4n) is 4.03. The summed E-state index contributed by atoms with van der Waals surface area (Å²) < 4.78 is 34.9. The maximum atomic E-state index is 12.9. The first-order valence-electron chi connectivity index (χ1n) is 9.34. The molecule has 1 aromatic rings. The molecule has 0 radical (unpaired) electrons. The second kappa shape index (κ2) is 7.03. The lowest BCUT2D eigenvalue weighted by Gasteiger charge is -2.37. The van der Waals surface area contributed by atoms with Crippen LogP contribution in [0.15, 0.2) is 18.3 Å². The summed E-state index contributed by atoms with van der Waals surface area (Å²) in [5, 5.41) is 0. The Kier molecular flexibility index (Phi) is 4.85. The molecule has 3 saturated heterocycles.